The second-order valence-corrected chi connectivity index (χ2v) is 16.8. The number of esters is 1. The monoisotopic (exact) mass is 564 g/mol. The van der Waals surface area contributed by atoms with Crippen molar-refractivity contribution in [3.63, 3.8) is 0 Å². The number of Topliss-reactive ketones (excluding diaryl/α,β-unsaturated/α-hetero) is 1. The first-order valence-electron chi connectivity index (χ1n) is 13.2. The maximum Gasteiger partial charge on any atom is 0.343 e. The average Bonchev–Trinajstić information content (AvgIpc) is 2.92. The summed E-state index contributed by atoms with van der Waals surface area (Å²) in [4.78, 5) is 29.0. The zero-order valence-corrected chi connectivity index (χ0v) is 25.2. The Kier molecular flexibility index (Phi) is 9.68. The van der Waals surface area contributed by atoms with Crippen molar-refractivity contribution < 1.29 is 14.3 Å². The molecule has 0 aliphatic carbocycles. The van der Waals surface area contributed by atoms with Crippen LogP contribution >= 0.6 is 30.4 Å². The predicted octanol–water partition coefficient (Wildman–Crippen LogP) is 6.29. The van der Waals surface area contributed by atoms with Crippen molar-refractivity contribution in [1.29, 1.82) is 0 Å². The lowest BCUT2D eigenvalue weighted by atomic mass is 10.0. The molecule has 0 saturated carbocycles. The highest BCUT2D eigenvalue weighted by atomic mass is 32.2. The molecule has 0 radical (unpaired) electrons. The van der Waals surface area contributed by atoms with E-state index in [2.05, 4.69) is 36.4 Å². The van der Waals surface area contributed by atoms with E-state index in [0.717, 1.165) is 33.8 Å². The quantitative estimate of drug-likeness (QED) is 0.183. The lowest BCUT2D eigenvalue weighted by Crippen LogP contribution is -2.42. The van der Waals surface area contributed by atoms with Crippen molar-refractivity contribution in [3.8, 4) is 0 Å². The van der Waals surface area contributed by atoms with Crippen LogP contribution in [0.4, 0.5) is 0 Å². The van der Waals surface area contributed by atoms with Crippen LogP contribution in [0.1, 0.15) is 40.5 Å². The summed E-state index contributed by atoms with van der Waals surface area (Å²) in [6.07, 6.45) is 1.94. The lowest BCUT2D eigenvalue weighted by Gasteiger charge is -2.33. The van der Waals surface area contributed by atoms with Crippen LogP contribution in [0.5, 0.6) is 0 Å². The van der Waals surface area contributed by atoms with E-state index >= 15 is 0 Å². The minimum absolute atomic E-state index is 0.101. The van der Waals surface area contributed by atoms with Gasteiger partial charge in [0.2, 0.25) is 0 Å². The summed E-state index contributed by atoms with van der Waals surface area (Å²) >= 11 is 3.86. The van der Waals surface area contributed by atoms with Crippen molar-refractivity contribution in [3.05, 3.63) is 91.0 Å². The van der Waals surface area contributed by atoms with Crippen molar-refractivity contribution in [2.24, 2.45) is 5.92 Å². The van der Waals surface area contributed by atoms with E-state index in [9.17, 15) is 9.59 Å². The second kappa shape index (κ2) is 12.8. The highest BCUT2D eigenvalue weighted by Crippen LogP contribution is 2.48. The molecule has 3 aromatic rings. The highest BCUT2D eigenvalue weighted by molar-refractivity contribution is 8.17. The largest absolute Gasteiger partial charge is 0.456 e. The topological polar surface area (TPSA) is 43.4 Å². The van der Waals surface area contributed by atoms with Crippen molar-refractivity contribution in [2.45, 2.75) is 50.7 Å². The first-order chi connectivity index (χ1) is 18.2. The van der Waals surface area contributed by atoms with Crippen LogP contribution in [0.2, 0.25) is 0 Å². The summed E-state index contributed by atoms with van der Waals surface area (Å²) in [5.74, 6) is 1.32. The van der Waals surface area contributed by atoms with Crippen LogP contribution in [0.15, 0.2) is 91.0 Å². The van der Waals surface area contributed by atoms with E-state index in [4.69, 9.17) is 4.74 Å². The molecule has 0 bridgehead atoms. The van der Waals surface area contributed by atoms with Crippen LogP contribution in [-0.2, 0) is 14.3 Å². The summed E-state index contributed by atoms with van der Waals surface area (Å²) in [6.45, 7) is 4.68. The minimum atomic E-state index is -2.89. The summed E-state index contributed by atoms with van der Waals surface area (Å²) < 4.78 is 6.41. The van der Waals surface area contributed by atoms with Gasteiger partial charge < -0.3 is 4.74 Å². The first-order valence-corrected chi connectivity index (χ1v) is 17.1. The van der Waals surface area contributed by atoms with Gasteiger partial charge in [-0.15, -0.1) is 23.5 Å². The van der Waals surface area contributed by atoms with Gasteiger partial charge in [0, 0.05) is 5.92 Å². The normalized spacial score (nSPS) is 15.5. The number of ether oxygens (including phenoxy) is 1. The van der Waals surface area contributed by atoms with E-state index in [1.54, 1.807) is 0 Å². The molecule has 0 spiro atoms. The lowest BCUT2D eigenvalue weighted by molar-refractivity contribution is -0.146. The van der Waals surface area contributed by atoms with Gasteiger partial charge in [0.25, 0.3) is 0 Å². The van der Waals surface area contributed by atoms with Gasteiger partial charge in [-0.2, -0.15) is 0 Å². The second-order valence-electron chi connectivity index (χ2n) is 10.6. The van der Waals surface area contributed by atoms with Gasteiger partial charge in [0.15, 0.2) is 5.78 Å². The van der Waals surface area contributed by atoms with Gasteiger partial charge in [-0.1, -0.05) is 97.9 Å². The SMILES string of the molecule is CC(CC1SCCCS1)C(=O)C(C(=O)OC(C)(C)C)=P(c1ccccc1)(c1ccccc1)c1ccccc1. The number of hydrogen-bond donors (Lipinski definition) is 0. The molecule has 1 atom stereocenters. The molecule has 4 rings (SSSR count). The smallest absolute Gasteiger partial charge is 0.343 e. The van der Waals surface area contributed by atoms with Crippen molar-refractivity contribution >= 4 is 63.4 Å². The summed E-state index contributed by atoms with van der Waals surface area (Å²) in [6, 6.07) is 30.2. The Bertz CT molecular complexity index is 1180. The number of rotatable bonds is 8. The maximum atomic E-state index is 14.7. The Morgan fingerprint density at radius 3 is 1.63 bits per heavy atom. The van der Waals surface area contributed by atoms with Crippen LogP contribution in [0.25, 0.3) is 0 Å². The third-order valence-electron chi connectivity index (χ3n) is 6.48. The molecular formula is C32H37O3PS2. The Hall–Kier alpha value is -2.20. The van der Waals surface area contributed by atoms with Crippen LogP contribution in [0, 0.1) is 5.92 Å². The minimum Gasteiger partial charge on any atom is -0.456 e. The molecule has 1 unspecified atom stereocenters. The fraction of sp³-hybridized carbons (Fsp3) is 0.344. The maximum absolute atomic E-state index is 14.7. The molecule has 1 fully saturated rings. The van der Waals surface area contributed by atoms with Crippen molar-refractivity contribution in [2.75, 3.05) is 11.5 Å². The van der Waals surface area contributed by atoms with Crippen LogP contribution in [-0.4, -0.2) is 38.7 Å². The number of benzene rings is 3. The zero-order valence-electron chi connectivity index (χ0n) is 22.6. The van der Waals surface area contributed by atoms with Crippen molar-refractivity contribution in [1.82, 2.24) is 0 Å². The third-order valence-corrected chi connectivity index (χ3v) is 13.8. The fourth-order valence-corrected chi connectivity index (χ4v) is 12.4. The molecule has 6 heteroatoms. The predicted molar refractivity (Wildman–Crippen MR) is 168 cm³/mol. The van der Waals surface area contributed by atoms with Gasteiger partial charge in [0.05, 0.1) is 4.58 Å². The van der Waals surface area contributed by atoms with Crippen LogP contribution in [0.3, 0.4) is 0 Å². The standard InChI is InChI=1S/C32H37O3PS2/c1-24(23-28-37-21-14-22-38-28)29(33)30(31(34)35-32(2,3)4)36(25-15-8-5-9-16-25,26-17-10-6-11-18-26)27-19-12-7-13-20-27/h5-13,15-20,24,28H,14,21-23H2,1-4H3. The number of carbonyl (C=O) groups is 2. The Morgan fingerprint density at radius 2 is 1.24 bits per heavy atom. The summed E-state index contributed by atoms with van der Waals surface area (Å²) in [5, 5.41) is 3.20. The molecule has 3 nitrogen and oxygen atoms in total. The Labute approximate surface area is 236 Å². The molecule has 1 aliphatic rings. The third kappa shape index (κ3) is 6.50. The number of carbonyl (C=O) groups excluding carboxylic acids is 2. The van der Waals surface area contributed by atoms with Gasteiger partial charge in [-0.05, 0) is 67.9 Å². The van der Waals surface area contributed by atoms with E-state index in [0.29, 0.717) is 4.58 Å². The van der Waals surface area contributed by atoms with E-state index in [-0.39, 0.29) is 17.0 Å². The van der Waals surface area contributed by atoms with E-state index in [1.807, 2.05) is 106 Å². The van der Waals surface area contributed by atoms with E-state index < -0.39 is 18.5 Å². The molecule has 1 heterocycles. The zero-order chi connectivity index (χ0) is 27.2. The Balaban J connectivity index is 2.07. The van der Waals surface area contributed by atoms with Crippen LogP contribution < -0.4 is 15.9 Å². The Morgan fingerprint density at radius 1 is 0.816 bits per heavy atom. The molecule has 3 aromatic carbocycles. The molecule has 0 N–H and O–H groups in total. The molecule has 200 valence electrons. The van der Waals surface area contributed by atoms with E-state index in [1.165, 1.54) is 6.42 Å². The summed E-state index contributed by atoms with van der Waals surface area (Å²) in [5.41, 5.74) is -0.735. The fourth-order valence-electron chi connectivity index (χ4n) is 4.82. The van der Waals surface area contributed by atoms with Gasteiger partial charge in [0.1, 0.15) is 10.9 Å². The molecule has 0 aromatic heterocycles. The summed E-state index contributed by atoms with van der Waals surface area (Å²) in [7, 11) is 0. The molecule has 0 amide bonds. The average molecular weight is 565 g/mol. The van der Waals surface area contributed by atoms with Gasteiger partial charge >= 0.3 is 5.97 Å². The number of thioether (sulfide) groups is 2. The van der Waals surface area contributed by atoms with Gasteiger partial charge in [-0.25, -0.2) is 4.79 Å². The molecule has 1 aliphatic heterocycles. The molecule has 38 heavy (non-hydrogen) atoms. The first kappa shape index (κ1) is 28.8. The molecule has 1 saturated heterocycles. The molecular weight excluding hydrogens is 527 g/mol. The number of hydrogen-bond acceptors (Lipinski definition) is 5. The highest BCUT2D eigenvalue weighted by Gasteiger charge is 2.40. The number of ketones is 1. The van der Waals surface area contributed by atoms with Gasteiger partial charge in [-0.3, -0.25) is 4.79 Å².